The van der Waals surface area contributed by atoms with Crippen LogP contribution >= 0.6 is 0 Å². The topological polar surface area (TPSA) is 63.7 Å². The fraction of sp³-hybridized carbons (Fsp3) is 0.455. The van der Waals surface area contributed by atoms with Gasteiger partial charge in [0.2, 0.25) is 0 Å². The number of hydrogen-bond donors (Lipinski definition) is 1. The van der Waals surface area contributed by atoms with E-state index in [1.165, 1.54) is 6.42 Å². The molecule has 0 bridgehead atoms. The number of pyridine rings is 1. The van der Waals surface area contributed by atoms with Gasteiger partial charge >= 0.3 is 0 Å². The lowest BCUT2D eigenvalue weighted by molar-refractivity contribution is 0.0602. The first kappa shape index (κ1) is 20.0. The highest BCUT2D eigenvalue weighted by Crippen LogP contribution is 2.28. The van der Waals surface area contributed by atoms with E-state index in [0.717, 1.165) is 37.1 Å². The monoisotopic (exact) mass is 383 g/mol. The Morgan fingerprint density at radius 3 is 2.75 bits per heavy atom. The van der Waals surface area contributed by atoms with E-state index in [0.29, 0.717) is 29.8 Å². The number of benzene rings is 1. The molecule has 2 aromatic rings. The van der Waals surface area contributed by atoms with Crippen LogP contribution in [0.3, 0.4) is 0 Å². The molecule has 0 radical (unpaired) electrons. The number of carbonyl (C=O) groups excluding carboxylic acids is 1. The minimum atomic E-state index is 0.0290. The van der Waals surface area contributed by atoms with Crippen molar-refractivity contribution in [3.63, 3.8) is 0 Å². The lowest BCUT2D eigenvalue weighted by atomic mass is 9.99. The van der Waals surface area contributed by atoms with E-state index < -0.39 is 0 Å². The summed E-state index contributed by atoms with van der Waals surface area (Å²) in [5.74, 6) is 1.43. The van der Waals surface area contributed by atoms with Gasteiger partial charge in [-0.1, -0.05) is 13.0 Å². The van der Waals surface area contributed by atoms with Crippen molar-refractivity contribution in [3.05, 3.63) is 47.8 Å². The third-order valence-electron chi connectivity index (χ3n) is 5.28. The maximum atomic E-state index is 13.0. The highest BCUT2D eigenvalue weighted by Gasteiger charge is 2.26. The predicted molar refractivity (Wildman–Crippen MR) is 110 cm³/mol. The average Bonchev–Trinajstić information content (AvgIpc) is 2.77. The molecule has 0 spiro atoms. The molecule has 2 heterocycles. The number of likely N-dealkylation sites (tertiary alicyclic amines) is 1. The number of carbonyl (C=O) groups is 1. The second kappa shape index (κ2) is 9.44. The van der Waals surface area contributed by atoms with Crippen molar-refractivity contribution < 1.29 is 14.3 Å². The van der Waals surface area contributed by atoms with Crippen molar-refractivity contribution in [2.45, 2.75) is 45.2 Å². The van der Waals surface area contributed by atoms with E-state index in [9.17, 15) is 4.79 Å². The van der Waals surface area contributed by atoms with E-state index in [-0.39, 0.29) is 5.91 Å². The predicted octanol–water partition coefficient (Wildman–Crippen LogP) is 4.12. The normalized spacial score (nSPS) is 16.5. The fourth-order valence-corrected chi connectivity index (χ4v) is 3.69. The molecule has 1 unspecified atom stereocenters. The molecule has 6 heteroatoms. The van der Waals surface area contributed by atoms with Crippen LogP contribution in [0.5, 0.6) is 11.5 Å². The number of nitrogens with one attached hydrogen (secondary N) is 1. The van der Waals surface area contributed by atoms with Crippen molar-refractivity contribution in [1.29, 1.82) is 0 Å². The van der Waals surface area contributed by atoms with Crippen LogP contribution in [0.25, 0.3) is 0 Å². The van der Waals surface area contributed by atoms with Gasteiger partial charge in [-0.3, -0.25) is 9.78 Å². The van der Waals surface area contributed by atoms with Gasteiger partial charge in [-0.05, 0) is 55.5 Å². The maximum Gasteiger partial charge on any atom is 0.272 e. The Morgan fingerprint density at radius 1 is 1.18 bits per heavy atom. The number of piperidine rings is 1. The molecule has 1 aliphatic rings. The largest absolute Gasteiger partial charge is 0.493 e. The Labute approximate surface area is 166 Å². The fourth-order valence-electron chi connectivity index (χ4n) is 3.69. The number of rotatable bonds is 7. The van der Waals surface area contributed by atoms with Crippen LogP contribution in [-0.2, 0) is 6.54 Å². The van der Waals surface area contributed by atoms with Crippen LogP contribution in [0.1, 0.15) is 48.7 Å². The Bertz CT molecular complexity index is 809. The van der Waals surface area contributed by atoms with E-state index in [2.05, 4.69) is 17.2 Å². The lowest BCUT2D eigenvalue weighted by Gasteiger charge is -2.35. The van der Waals surface area contributed by atoms with Crippen LogP contribution < -0.4 is 14.8 Å². The highest BCUT2D eigenvalue weighted by molar-refractivity contribution is 5.93. The van der Waals surface area contributed by atoms with Gasteiger partial charge in [-0.15, -0.1) is 0 Å². The summed E-state index contributed by atoms with van der Waals surface area (Å²) < 4.78 is 10.6. The maximum absolute atomic E-state index is 13.0. The van der Waals surface area contributed by atoms with E-state index in [1.54, 1.807) is 20.4 Å². The molecule has 1 aliphatic heterocycles. The Kier molecular flexibility index (Phi) is 6.74. The Hall–Kier alpha value is -2.76. The van der Waals surface area contributed by atoms with Gasteiger partial charge in [-0.25, -0.2) is 0 Å². The molecule has 1 fully saturated rings. The zero-order valence-corrected chi connectivity index (χ0v) is 16.9. The lowest BCUT2D eigenvalue weighted by Crippen LogP contribution is -2.43. The van der Waals surface area contributed by atoms with Crippen molar-refractivity contribution in [1.82, 2.24) is 9.88 Å². The Balaban J connectivity index is 1.69. The van der Waals surface area contributed by atoms with Crippen LogP contribution in [-0.4, -0.2) is 42.6 Å². The van der Waals surface area contributed by atoms with Crippen molar-refractivity contribution in [2.24, 2.45) is 0 Å². The average molecular weight is 383 g/mol. The minimum Gasteiger partial charge on any atom is -0.493 e. The minimum absolute atomic E-state index is 0.0290. The molecular formula is C22H29N3O3. The van der Waals surface area contributed by atoms with Gasteiger partial charge in [0.05, 0.1) is 14.2 Å². The third kappa shape index (κ3) is 4.55. The first-order valence-electron chi connectivity index (χ1n) is 9.88. The van der Waals surface area contributed by atoms with Crippen molar-refractivity contribution >= 4 is 11.6 Å². The summed E-state index contributed by atoms with van der Waals surface area (Å²) in [7, 11) is 3.25. The molecule has 0 saturated carbocycles. The summed E-state index contributed by atoms with van der Waals surface area (Å²) in [6.07, 6.45) is 6.03. The quantitative estimate of drug-likeness (QED) is 0.779. The summed E-state index contributed by atoms with van der Waals surface area (Å²) in [5.41, 5.74) is 2.43. The molecule has 3 rings (SSSR count). The van der Waals surface area contributed by atoms with Gasteiger partial charge < -0.3 is 19.7 Å². The molecule has 0 aliphatic carbocycles. The smallest absolute Gasteiger partial charge is 0.272 e. The molecule has 6 nitrogen and oxygen atoms in total. The molecule has 1 atom stereocenters. The summed E-state index contributed by atoms with van der Waals surface area (Å²) in [6.45, 7) is 3.58. The van der Waals surface area contributed by atoms with Crippen molar-refractivity contribution in [2.75, 3.05) is 26.1 Å². The number of aromatic nitrogens is 1. The van der Waals surface area contributed by atoms with Gasteiger partial charge in [-0.2, -0.15) is 0 Å². The second-order valence-corrected chi connectivity index (χ2v) is 7.03. The molecule has 1 aromatic heterocycles. The van der Waals surface area contributed by atoms with Gasteiger partial charge in [0.25, 0.3) is 5.91 Å². The zero-order chi connectivity index (χ0) is 19.9. The van der Waals surface area contributed by atoms with Crippen LogP contribution in [0.15, 0.2) is 36.5 Å². The van der Waals surface area contributed by atoms with Gasteiger partial charge in [0, 0.05) is 31.0 Å². The molecule has 28 heavy (non-hydrogen) atoms. The summed E-state index contributed by atoms with van der Waals surface area (Å²) in [4.78, 5) is 19.3. The number of hydrogen-bond acceptors (Lipinski definition) is 5. The van der Waals surface area contributed by atoms with Crippen LogP contribution in [0.2, 0.25) is 0 Å². The number of amides is 1. The number of anilines is 1. The number of nitrogens with zero attached hydrogens (tertiary/aromatic N) is 2. The summed E-state index contributed by atoms with van der Waals surface area (Å²) in [6, 6.07) is 9.86. The number of methoxy groups -OCH3 is 2. The van der Waals surface area contributed by atoms with Crippen LogP contribution in [0, 0.1) is 0 Å². The van der Waals surface area contributed by atoms with E-state index in [4.69, 9.17) is 9.47 Å². The van der Waals surface area contributed by atoms with E-state index in [1.807, 2.05) is 35.2 Å². The second-order valence-electron chi connectivity index (χ2n) is 7.03. The molecule has 1 N–H and O–H groups in total. The molecule has 1 saturated heterocycles. The summed E-state index contributed by atoms with van der Waals surface area (Å²) in [5, 5.41) is 3.37. The SMILES string of the molecule is CCC1CCCCN1C(=O)c1cc(NCc2ccc(OC)c(OC)c2)ccn1. The number of ether oxygens (including phenoxy) is 2. The third-order valence-corrected chi connectivity index (χ3v) is 5.28. The highest BCUT2D eigenvalue weighted by atomic mass is 16.5. The van der Waals surface area contributed by atoms with Gasteiger partial charge in [0.1, 0.15) is 5.69 Å². The van der Waals surface area contributed by atoms with Crippen molar-refractivity contribution in [3.8, 4) is 11.5 Å². The zero-order valence-electron chi connectivity index (χ0n) is 16.9. The van der Waals surface area contributed by atoms with Crippen LogP contribution in [0.4, 0.5) is 5.69 Å². The summed E-state index contributed by atoms with van der Waals surface area (Å²) >= 11 is 0. The molecule has 150 valence electrons. The standard InChI is InChI=1S/C22H29N3O3/c1-4-18-7-5-6-12-25(18)22(26)19-14-17(10-11-23-19)24-15-16-8-9-20(27-2)21(13-16)28-3/h8-11,13-14,18H,4-7,12,15H2,1-3H3,(H,23,24). The van der Waals surface area contributed by atoms with Gasteiger partial charge in [0.15, 0.2) is 11.5 Å². The molecule has 1 amide bonds. The van der Waals surface area contributed by atoms with E-state index >= 15 is 0 Å². The molecular weight excluding hydrogens is 354 g/mol. The Morgan fingerprint density at radius 2 is 2.00 bits per heavy atom. The first-order chi connectivity index (χ1) is 13.7. The molecule has 1 aromatic carbocycles. The first-order valence-corrected chi connectivity index (χ1v) is 9.88.